The van der Waals surface area contributed by atoms with Crippen LogP contribution in [0.3, 0.4) is 0 Å². The molecule has 0 amide bonds. The summed E-state index contributed by atoms with van der Waals surface area (Å²) < 4.78 is 10.2. The van der Waals surface area contributed by atoms with Crippen LogP contribution in [0, 0.1) is 11.3 Å². The molecule has 3 heteroatoms. The molecule has 3 nitrogen and oxygen atoms in total. The number of rotatable bonds is 5. The summed E-state index contributed by atoms with van der Waals surface area (Å²) in [7, 11) is 1.64. The third-order valence-corrected chi connectivity index (χ3v) is 1.76. The Bertz CT molecular complexity index is 300. The van der Waals surface area contributed by atoms with Crippen LogP contribution in [-0.4, -0.2) is 20.3 Å². The zero-order valence-corrected chi connectivity index (χ0v) is 8.19. The van der Waals surface area contributed by atoms with Crippen LogP contribution in [0.5, 0.6) is 5.75 Å². The summed E-state index contributed by atoms with van der Waals surface area (Å²) in [5.41, 5.74) is 1.01. The second-order valence-corrected chi connectivity index (χ2v) is 2.82. The molecule has 0 aliphatic carbocycles. The first-order valence-corrected chi connectivity index (χ1v) is 4.44. The van der Waals surface area contributed by atoms with Gasteiger partial charge in [-0.25, -0.2) is 0 Å². The summed E-state index contributed by atoms with van der Waals surface area (Å²) in [5, 5.41) is 8.46. The van der Waals surface area contributed by atoms with Crippen LogP contribution in [0.1, 0.15) is 5.56 Å². The molecular weight excluding hydrogens is 178 g/mol. The number of ether oxygens (including phenoxy) is 2. The van der Waals surface area contributed by atoms with Gasteiger partial charge in [0.05, 0.1) is 19.1 Å². The molecule has 0 saturated carbocycles. The normalized spacial score (nSPS) is 9.43. The van der Waals surface area contributed by atoms with Crippen molar-refractivity contribution < 1.29 is 9.47 Å². The van der Waals surface area contributed by atoms with Gasteiger partial charge in [-0.3, -0.25) is 0 Å². The molecule has 0 spiro atoms. The lowest BCUT2D eigenvalue weighted by Crippen LogP contribution is -2.03. The summed E-state index contributed by atoms with van der Waals surface area (Å²) in [4.78, 5) is 0. The third kappa shape index (κ3) is 3.46. The Kier molecular flexibility index (Phi) is 4.53. The first-order valence-electron chi connectivity index (χ1n) is 4.44. The van der Waals surface area contributed by atoms with Crippen molar-refractivity contribution in [2.45, 2.75) is 6.42 Å². The van der Waals surface area contributed by atoms with Crippen molar-refractivity contribution in [2.75, 3.05) is 20.3 Å². The van der Waals surface area contributed by atoms with Crippen molar-refractivity contribution in [3.63, 3.8) is 0 Å². The molecule has 0 saturated heterocycles. The molecule has 0 aliphatic heterocycles. The average molecular weight is 191 g/mol. The standard InChI is InChI=1S/C11H13NO2/c1-13-8-9-14-11-4-2-10(3-5-11)6-7-12/h2-5H,6,8-9H2,1H3. The van der Waals surface area contributed by atoms with Gasteiger partial charge in [-0.2, -0.15) is 5.26 Å². The number of nitrogens with zero attached hydrogens (tertiary/aromatic N) is 1. The topological polar surface area (TPSA) is 42.2 Å². The second kappa shape index (κ2) is 6.01. The molecule has 74 valence electrons. The lowest BCUT2D eigenvalue weighted by molar-refractivity contribution is 0.146. The Labute approximate surface area is 83.9 Å². The summed E-state index contributed by atoms with van der Waals surface area (Å²) in [6.07, 6.45) is 0.443. The Morgan fingerprint density at radius 3 is 2.50 bits per heavy atom. The molecule has 0 fully saturated rings. The Morgan fingerprint density at radius 1 is 1.21 bits per heavy atom. The number of nitriles is 1. The van der Waals surface area contributed by atoms with Crippen LogP contribution < -0.4 is 4.74 Å². The molecule has 1 aromatic rings. The van der Waals surface area contributed by atoms with E-state index in [1.54, 1.807) is 7.11 Å². The zero-order chi connectivity index (χ0) is 10.2. The molecule has 0 N–H and O–H groups in total. The fourth-order valence-corrected chi connectivity index (χ4v) is 1.04. The highest BCUT2D eigenvalue weighted by Crippen LogP contribution is 2.12. The maximum Gasteiger partial charge on any atom is 0.119 e. The van der Waals surface area contributed by atoms with Gasteiger partial charge >= 0.3 is 0 Å². The van der Waals surface area contributed by atoms with E-state index in [0.29, 0.717) is 19.6 Å². The smallest absolute Gasteiger partial charge is 0.119 e. The van der Waals surface area contributed by atoms with E-state index in [0.717, 1.165) is 11.3 Å². The molecular formula is C11H13NO2. The van der Waals surface area contributed by atoms with E-state index in [9.17, 15) is 0 Å². The van der Waals surface area contributed by atoms with E-state index in [1.165, 1.54) is 0 Å². The van der Waals surface area contributed by atoms with Crippen LogP contribution in [0.2, 0.25) is 0 Å². The minimum atomic E-state index is 0.443. The van der Waals surface area contributed by atoms with Crippen molar-refractivity contribution >= 4 is 0 Å². The van der Waals surface area contributed by atoms with Crippen LogP contribution >= 0.6 is 0 Å². The molecule has 0 radical (unpaired) electrons. The molecule has 0 bridgehead atoms. The summed E-state index contributed by atoms with van der Waals surface area (Å²) in [6, 6.07) is 9.61. The Morgan fingerprint density at radius 2 is 1.93 bits per heavy atom. The molecule has 0 aliphatic rings. The fraction of sp³-hybridized carbons (Fsp3) is 0.364. The highest BCUT2D eigenvalue weighted by molar-refractivity contribution is 5.28. The van der Waals surface area contributed by atoms with Crippen molar-refractivity contribution in [3.05, 3.63) is 29.8 Å². The van der Waals surface area contributed by atoms with Gasteiger partial charge in [0, 0.05) is 7.11 Å². The van der Waals surface area contributed by atoms with E-state index in [-0.39, 0.29) is 0 Å². The van der Waals surface area contributed by atoms with Crippen molar-refractivity contribution in [1.82, 2.24) is 0 Å². The lowest BCUT2D eigenvalue weighted by Gasteiger charge is -2.05. The van der Waals surface area contributed by atoms with Gasteiger partial charge in [-0.05, 0) is 17.7 Å². The summed E-state index contributed by atoms with van der Waals surface area (Å²) in [5.74, 6) is 0.809. The quantitative estimate of drug-likeness (QED) is 0.666. The van der Waals surface area contributed by atoms with Crippen LogP contribution in [0.4, 0.5) is 0 Å². The monoisotopic (exact) mass is 191 g/mol. The van der Waals surface area contributed by atoms with E-state index < -0.39 is 0 Å². The maximum absolute atomic E-state index is 8.46. The molecule has 0 atom stereocenters. The van der Waals surface area contributed by atoms with Gasteiger partial charge in [0.1, 0.15) is 12.4 Å². The third-order valence-electron chi connectivity index (χ3n) is 1.76. The second-order valence-electron chi connectivity index (χ2n) is 2.82. The molecule has 0 aromatic heterocycles. The van der Waals surface area contributed by atoms with Crippen molar-refractivity contribution in [1.29, 1.82) is 5.26 Å². The van der Waals surface area contributed by atoms with Crippen LogP contribution in [-0.2, 0) is 11.2 Å². The van der Waals surface area contributed by atoms with E-state index in [1.807, 2.05) is 24.3 Å². The minimum Gasteiger partial charge on any atom is -0.491 e. The van der Waals surface area contributed by atoms with E-state index >= 15 is 0 Å². The molecule has 0 unspecified atom stereocenters. The van der Waals surface area contributed by atoms with Gasteiger partial charge < -0.3 is 9.47 Å². The van der Waals surface area contributed by atoms with E-state index in [2.05, 4.69) is 6.07 Å². The summed E-state index contributed by atoms with van der Waals surface area (Å²) in [6.45, 7) is 1.13. The van der Waals surface area contributed by atoms with Gasteiger partial charge in [0.25, 0.3) is 0 Å². The van der Waals surface area contributed by atoms with Gasteiger partial charge in [-0.1, -0.05) is 12.1 Å². The van der Waals surface area contributed by atoms with Gasteiger partial charge in [-0.15, -0.1) is 0 Å². The minimum absolute atomic E-state index is 0.443. The average Bonchev–Trinajstić information content (AvgIpc) is 2.21. The SMILES string of the molecule is COCCOc1ccc(CC#N)cc1. The molecule has 14 heavy (non-hydrogen) atoms. The summed E-state index contributed by atoms with van der Waals surface area (Å²) >= 11 is 0. The molecule has 1 aromatic carbocycles. The predicted molar refractivity (Wildman–Crippen MR) is 53.1 cm³/mol. The van der Waals surface area contributed by atoms with E-state index in [4.69, 9.17) is 14.7 Å². The molecule has 1 rings (SSSR count). The van der Waals surface area contributed by atoms with Crippen LogP contribution in [0.15, 0.2) is 24.3 Å². The first kappa shape index (κ1) is 10.6. The Hall–Kier alpha value is -1.53. The first-order chi connectivity index (χ1) is 6.86. The van der Waals surface area contributed by atoms with Crippen molar-refractivity contribution in [3.8, 4) is 11.8 Å². The van der Waals surface area contributed by atoms with Gasteiger partial charge in [0.2, 0.25) is 0 Å². The largest absolute Gasteiger partial charge is 0.491 e. The number of hydrogen-bond donors (Lipinski definition) is 0. The molecule has 0 heterocycles. The van der Waals surface area contributed by atoms with Crippen LogP contribution in [0.25, 0.3) is 0 Å². The predicted octanol–water partition coefficient (Wildman–Crippen LogP) is 1.78. The number of hydrogen-bond acceptors (Lipinski definition) is 3. The van der Waals surface area contributed by atoms with Crippen molar-refractivity contribution in [2.24, 2.45) is 0 Å². The Balaban J connectivity index is 2.43. The number of benzene rings is 1. The maximum atomic E-state index is 8.46. The lowest BCUT2D eigenvalue weighted by atomic mass is 10.2. The highest BCUT2D eigenvalue weighted by Gasteiger charge is 1.94. The van der Waals surface area contributed by atoms with Gasteiger partial charge in [0.15, 0.2) is 0 Å². The fourth-order valence-electron chi connectivity index (χ4n) is 1.04. The number of methoxy groups -OCH3 is 1. The zero-order valence-electron chi connectivity index (χ0n) is 8.19. The highest BCUT2D eigenvalue weighted by atomic mass is 16.5.